The summed E-state index contributed by atoms with van der Waals surface area (Å²) in [6, 6.07) is -0.0479. The van der Waals surface area contributed by atoms with Crippen LogP contribution in [-0.2, 0) is 6.42 Å². The molecule has 1 radical (unpaired) electrons. The normalized spacial score (nSPS) is 13.6. The van der Waals surface area contributed by atoms with E-state index < -0.39 is 0 Å². The molecule has 0 bridgehead atoms. The molecule has 1 atom stereocenters. The van der Waals surface area contributed by atoms with Gasteiger partial charge in [-0.05, 0) is 6.92 Å². The zero-order valence-electron chi connectivity index (χ0n) is 5.39. The summed E-state index contributed by atoms with van der Waals surface area (Å²) < 4.78 is 0. The lowest BCUT2D eigenvalue weighted by Gasteiger charge is -1.96. The van der Waals surface area contributed by atoms with E-state index in [2.05, 4.69) is 9.97 Å². The number of nitrogens with zero attached hydrogens (tertiary/aromatic N) is 1. The van der Waals surface area contributed by atoms with Crippen molar-refractivity contribution in [2.75, 3.05) is 0 Å². The van der Waals surface area contributed by atoms with E-state index in [4.69, 9.17) is 5.73 Å². The smallest absolute Gasteiger partial charge is 0.0923 e. The lowest BCUT2D eigenvalue weighted by atomic mass is 10.2. The van der Waals surface area contributed by atoms with Gasteiger partial charge in [-0.2, -0.15) is 0 Å². The summed E-state index contributed by atoms with van der Waals surface area (Å²) in [5.74, 6) is 0. The van der Waals surface area contributed by atoms with Crippen molar-refractivity contribution in [3.8, 4) is 0 Å². The Kier molecular flexibility index (Phi) is 1.85. The third-order valence-electron chi connectivity index (χ3n) is 1.07. The molecule has 3 nitrogen and oxygen atoms in total. The van der Waals surface area contributed by atoms with Crippen molar-refractivity contribution < 1.29 is 0 Å². The molecule has 1 rings (SSSR count). The predicted molar refractivity (Wildman–Crippen MR) is 34.9 cm³/mol. The average Bonchev–Trinajstić information content (AvgIpc) is 2.15. The maximum atomic E-state index is 7.20. The van der Waals surface area contributed by atoms with Gasteiger partial charge in [-0.3, -0.25) is 5.73 Å². The van der Waals surface area contributed by atoms with Crippen LogP contribution in [0.15, 0.2) is 12.5 Å². The average molecular weight is 124 g/mol. The Labute approximate surface area is 54.3 Å². The highest BCUT2D eigenvalue weighted by atomic mass is 14.9. The second-order valence-corrected chi connectivity index (χ2v) is 2.17. The Morgan fingerprint density at radius 1 is 1.89 bits per heavy atom. The molecule has 1 aromatic rings. The predicted octanol–water partition coefficient (Wildman–Crippen LogP) is 0.624. The van der Waals surface area contributed by atoms with Crippen molar-refractivity contribution in [1.29, 1.82) is 0 Å². The number of hydrogen-bond donors (Lipinski definition) is 1. The summed E-state index contributed by atoms with van der Waals surface area (Å²) in [7, 11) is 0. The molecule has 0 spiro atoms. The van der Waals surface area contributed by atoms with Crippen LogP contribution in [0.4, 0.5) is 0 Å². The first-order chi connectivity index (χ1) is 4.29. The lowest BCUT2D eigenvalue weighted by Crippen LogP contribution is -2.06. The number of hydrogen-bond acceptors (Lipinski definition) is 1. The second kappa shape index (κ2) is 2.64. The first-order valence-corrected chi connectivity index (χ1v) is 2.98. The molecule has 0 amide bonds. The van der Waals surface area contributed by atoms with Gasteiger partial charge in [0, 0.05) is 18.7 Å². The molecule has 0 aliphatic heterocycles. The van der Waals surface area contributed by atoms with Crippen LogP contribution < -0.4 is 5.73 Å². The molecule has 0 aliphatic carbocycles. The van der Waals surface area contributed by atoms with Crippen LogP contribution in [0.5, 0.6) is 0 Å². The topological polar surface area (TPSA) is 52.5 Å². The molecule has 3 heteroatoms. The van der Waals surface area contributed by atoms with Crippen molar-refractivity contribution in [3.63, 3.8) is 0 Å². The van der Waals surface area contributed by atoms with Crippen molar-refractivity contribution in [3.05, 3.63) is 18.2 Å². The SMILES string of the molecule is CC([NH])Cc1c[nH]cn1. The maximum Gasteiger partial charge on any atom is 0.0923 e. The van der Waals surface area contributed by atoms with Crippen LogP contribution >= 0.6 is 0 Å². The van der Waals surface area contributed by atoms with Crippen molar-refractivity contribution in [1.82, 2.24) is 15.7 Å². The zero-order valence-corrected chi connectivity index (χ0v) is 5.39. The Morgan fingerprint density at radius 3 is 3.11 bits per heavy atom. The molecule has 9 heavy (non-hydrogen) atoms. The Balaban J connectivity index is 2.48. The van der Waals surface area contributed by atoms with E-state index >= 15 is 0 Å². The fraction of sp³-hybridized carbons (Fsp3) is 0.500. The lowest BCUT2D eigenvalue weighted by molar-refractivity contribution is 0.703. The van der Waals surface area contributed by atoms with Gasteiger partial charge in [-0.25, -0.2) is 4.98 Å². The van der Waals surface area contributed by atoms with Crippen LogP contribution in [0.2, 0.25) is 0 Å². The fourth-order valence-electron chi connectivity index (χ4n) is 0.716. The third-order valence-corrected chi connectivity index (χ3v) is 1.07. The van der Waals surface area contributed by atoms with E-state index in [0.717, 1.165) is 12.1 Å². The fourth-order valence-corrected chi connectivity index (χ4v) is 0.716. The van der Waals surface area contributed by atoms with Crippen LogP contribution in [0, 0.1) is 0 Å². The molecule has 2 N–H and O–H groups in total. The minimum Gasteiger partial charge on any atom is -0.351 e. The van der Waals surface area contributed by atoms with E-state index in [9.17, 15) is 0 Å². The van der Waals surface area contributed by atoms with Gasteiger partial charge >= 0.3 is 0 Å². The third kappa shape index (κ3) is 1.85. The zero-order chi connectivity index (χ0) is 6.69. The molecule has 0 saturated carbocycles. The van der Waals surface area contributed by atoms with E-state index in [1.54, 1.807) is 6.33 Å². The standard InChI is InChI=1S/C6H10N3/c1-5(7)2-6-3-8-4-9-6/h3-5,7H,2H2,1H3,(H,8,9). The summed E-state index contributed by atoms with van der Waals surface area (Å²) in [4.78, 5) is 6.82. The van der Waals surface area contributed by atoms with Crippen molar-refractivity contribution >= 4 is 0 Å². The molecule has 1 aromatic heterocycles. The highest BCUT2D eigenvalue weighted by Gasteiger charge is 1.97. The van der Waals surface area contributed by atoms with Gasteiger partial charge < -0.3 is 4.98 Å². The first kappa shape index (κ1) is 6.29. The molecule has 0 fully saturated rings. The van der Waals surface area contributed by atoms with Crippen molar-refractivity contribution in [2.45, 2.75) is 19.4 Å². The molecule has 1 heterocycles. The number of H-pyrrole nitrogens is 1. The van der Waals surface area contributed by atoms with Crippen LogP contribution in [0.1, 0.15) is 12.6 Å². The summed E-state index contributed by atoms with van der Waals surface area (Å²) in [5, 5.41) is 0. The number of imidazole rings is 1. The Morgan fingerprint density at radius 2 is 2.67 bits per heavy atom. The minimum absolute atomic E-state index is 0.0479. The van der Waals surface area contributed by atoms with Crippen LogP contribution in [-0.4, -0.2) is 16.0 Å². The van der Waals surface area contributed by atoms with Gasteiger partial charge in [0.15, 0.2) is 0 Å². The molecular weight excluding hydrogens is 114 g/mol. The molecule has 0 aromatic carbocycles. The van der Waals surface area contributed by atoms with E-state index in [1.807, 2.05) is 13.1 Å². The van der Waals surface area contributed by atoms with Gasteiger partial charge in [-0.15, -0.1) is 0 Å². The first-order valence-electron chi connectivity index (χ1n) is 2.98. The Hall–Kier alpha value is -0.830. The summed E-state index contributed by atoms with van der Waals surface area (Å²) in [5.41, 5.74) is 8.17. The summed E-state index contributed by atoms with van der Waals surface area (Å²) in [6.07, 6.45) is 4.20. The van der Waals surface area contributed by atoms with Gasteiger partial charge in [-0.1, -0.05) is 0 Å². The van der Waals surface area contributed by atoms with Gasteiger partial charge in [0.05, 0.1) is 12.0 Å². The van der Waals surface area contributed by atoms with E-state index in [0.29, 0.717) is 0 Å². The maximum absolute atomic E-state index is 7.20. The molecule has 1 unspecified atom stereocenters. The van der Waals surface area contributed by atoms with Gasteiger partial charge in [0.2, 0.25) is 0 Å². The largest absolute Gasteiger partial charge is 0.351 e. The molecule has 0 aliphatic rings. The molecule has 0 saturated heterocycles. The quantitative estimate of drug-likeness (QED) is 0.617. The van der Waals surface area contributed by atoms with Gasteiger partial charge in [0.25, 0.3) is 0 Å². The number of aromatic nitrogens is 2. The van der Waals surface area contributed by atoms with E-state index in [-0.39, 0.29) is 6.04 Å². The number of nitrogens with one attached hydrogen (secondary N) is 2. The second-order valence-electron chi connectivity index (χ2n) is 2.17. The number of rotatable bonds is 2. The summed E-state index contributed by atoms with van der Waals surface area (Å²) in [6.45, 7) is 1.86. The van der Waals surface area contributed by atoms with Crippen LogP contribution in [0.3, 0.4) is 0 Å². The van der Waals surface area contributed by atoms with Crippen LogP contribution in [0.25, 0.3) is 0 Å². The highest BCUT2D eigenvalue weighted by molar-refractivity contribution is 4.95. The minimum atomic E-state index is -0.0479. The monoisotopic (exact) mass is 124 g/mol. The van der Waals surface area contributed by atoms with E-state index in [1.165, 1.54) is 0 Å². The molecule has 49 valence electrons. The summed E-state index contributed by atoms with van der Waals surface area (Å²) >= 11 is 0. The van der Waals surface area contributed by atoms with Gasteiger partial charge in [0.1, 0.15) is 0 Å². The molecular formula is C6H10N3. The van der Waals surface area contributed by atoms with Crippen molar-refractivity contribution in [2.24, 2.45) is 0 Å². The highest BCUT2D eigenvalue weighted by Crippen LogP contribution is 1.94. The number of aromatic amines is 1. The Bertz CT molecular complexity index is 155.